The third kappa shape index (κ3) is 8.88. The minimum atomic E-state index is 0.00233. The van der Waals surface area contributed by atoms with E-state index < -0.39 is 0 Å². The van der Waals surface area contributed by atoms with Gasteiger partial charge in [-0.05, 0) is 54.5 Å². The number of halogens is 1. The Bertz CT molecular complexity index is 717. The Hall–Kier alpha value is -1.87. The monoisotopic (exact) mass is 442 g/mol. The molecule has 0 saturated carbocycles. The molecule has 0 bridgehead atoms. The summed E-state index contributed by atoms with van der Waals surface area (Å²) in [5.74, 6) is 0.891. The van der Waals surface area contributed by atoms with Crippen molar-refractivity contribution in [3.05, 3.63) is 70.2 Å². The maximum atomic E-state index is 12.2. The third-order valence-electron chi connectivity index (χ3n) is 4.70. The van der Waals surface area contributed by atoms with Gasteiger partial charge < -0.3 is 4.74 Å². The van der Waals surface area contributed by atoms with Crippen molar-refractivity contribution in [3.8, 4) is 5.75 Å². The van der Waals surface area contributed by atoms with Crippen LogP contribution in [0.4, 0.5) is 0 Å². The number of ketones is 1. The first-order valence-corrected chi connectivity index (χ1v) is 11.2. The molecule has 0 unspecified atom stereocenters. The van der Waals surface area contributed by atoms with E-state index >= 15 is 0 Å². The Kier molecular flexibility index (Phi) is 10.7. The molecule has 0 spiro atoms. The van der Waals surface area contributed by atoms with Gasteiger partial charge in [-0.2, -0.15) is 0 Å². The predicted molar refractivity (Wildman–Crippen MR) is 122 cm³/mol. The molecule has 0 amide bonds. The van der Waals surface area contributed by atoms with E-state index in [2.05, 4.69) is 22.9 Å². The maximum absolute atomic E-state index is 12.2. The molecule has 3 heteroatoms. The highest BCUT2D eigenvalue weighted by molar-refractivity contribution is 9.10. The summed E-state index contributed by atoms with van der Waals surface area (Å²) in [6.45, 7) is 3.02. The quantitative estimate of drug-likeness (QED) is 0.179. The molecule has 0 aliphatic carbocycles. The van der Waals surface area contributed by atoms with Crippen LogP contribution in [0.15, 0.2) is 59.1 Å². The van der Waals surface area contributed by atoms with Crippen molar-refractivity contribution in [2.45, 2.75) is 58.3 Å². The Morgan fingerprint density at radius 1 is 0.857 bits per heavy atom. The van der Waals surface area contributed by atoms with Gasteiger partial charge in [0.05, 0.1) is 6.61 Å². The highest BCUT2D eigenvalue weighted by atomic mass is 79.9. The van der Waals surface area contributed by atoms with Gasteiger partial charge in [-0.25, -0.2) is 0 Å². The molecule has 0 aliphatic rings. The van der Waals surface area contributed by atoms with Crippen LogP contribution >= 0.6 is 15.9 Å². The summed E-state index contributed by atoms with van der Waals surface area (Å²) in [5.41, 5.74) is 1.68. The topological polar surface area (TPSA) is 26.3 Å². The van der Waals surface area contributed by atoms with Crippen molar-refractivity contribution in [1.29, 1.82) is 0 Å². The Morgan fingerprint density at radius 2 is 1.46 bits per heavy atom. The zero-order valence-electron chi connectivity index (χ0n) is 16.8. The molecule has 2 aromatic rings. The van der Waals surface area contributed by atoms with E-state index in [4.69, 9.17) is 4.74 Å². The zero-order chi connectivity index (χ0) is 20.0. The molecule has 2 aromatic carbocycles. The van der Waals surface area contributed by atoms with Crippen molar-refractivity contribution in [2.24, 2.45) is 0 Å². The lowest BCUT2D eigenvalue weighted by atomic mass is 10.1. The molecule has 2 rings (SSSR count). The van der Waals surface area contributed by atoms with Crippen molar-refractivity contribution in [1.82, 2.24) is 0 Å². The Balaban J connectivity index is 1.66. The van der Waals surface area contributed by atoms with Gasteiger partial charge in [-0.3, -0.25) is 4.79 Å². The van der Waals surface area contributed by atoms with E-state index in [1.54, 1.807) is 6.08 Å². The fourth-order valence-corrected chi connectivity index (χ4v) is 3.25. The van der Waals surface area contributed by atoms with Crippen molar-refractivity contribution < 1.29 is 9.53 Å². The minimum Gasteiger partial charge on any atom is -0.494 e. The average molecular weight is 443 g/mol. The second-order valence-electron chi connectivity index (χ2n) is 7.10. The summed E-state index contributed by atoms with van der Waals surface area (Å²) in [6.07, 6.45) is 13.9. The fraction of sp³-hybridized carbons (Fsp3) is 0.400. The number of allylic oxidation sites excluding steroid dienone is 1. The SMILES string of the molecule is CCCCCCCCCCOc1ccc(/C=C/C(=O)c2ccc(Br)cc2)cc1. The lowest BCUT2D eigenvalue weighted by Crippen LogP contribution is -1.97. The summed E-state index contributed by atoms with van der Waals surface area (Å²) >= 11 is 3.38. The first-order valence-electron chi connectivity index (χ1n) is 10.4. The van der Waals surface area contributed by atoms with Crippen LogP contribution in [0.3, 0.4) is 0 Å². The van der Waals surface area contributed by atoms with Gasteiger partial charge in [-0.15, -0.1) is 0 Å². The summed E-state index contributed by atoms with van der Waals surface area (Å²) in [5, 5.41) is 0. The molecule has 0 fully saturated rings. The third-order valence-corrected chi connectivity index (χ3v) is 5.23. The molecule has 150 valence electrons. The van der Waals surface area contributed by atoms with Gasteiger partial charge in [0.15, 0.2) is 5.78 Å². The molecule has 0 heterocycles. The van der Waals surface area contributed by atoms with E-state index in [-0.39, 0.29) is 5.78 Å². The smallest absolute Gasteiger partial charge is 0.185 e. The second kappa shape index (κ2) is 13.3. The molecule has 0 atom stereocenters. The highest BCUT2D eigenvalue weighted by Crippen LogP contribution is 2.16. The summed E-state index contributed by atoms with van der Waals surface area (Å²) in [4.78, 5) is 12.2. The van der Waals surface area contributed by atoms with Crippen LogP contribution in [-0.2, 0) is 0 Å². The molecular weight excluding hydrogens is 412 g/mol. The van der Waals surface area contributed by atoms with Crippen LogP contribution in [-0.4, -0.2) is 12.4 Å². The van der Waals surface area contributed by atoms with E-state index in [0.29, 0.717) is 5.56 Å². The van der Waals surface area contributed by atoms with Gasteiger partial charge in [0, 0.05) is 10.0 Å². The molecule has 0 aliphatic heterocycles. The van der Waals surface area contributed by atoms with Gasteiger partial charge >= 0.3 is 0 Å². The van der Waals surface area contributed by atoms with Crippen LogP contribution < -0.4 is 4.74 Å². The van der Waals surface area contributed by atoms with Crippen LogP contribution in [0.25, 0.3) is 6.08 Å². The number of rotatable bonds is 13. The number of hydrogen-bond donors (Lipinski definition) is 0. The first-order chi connectivity index (χ1) is 13.7. The van der Waals surface area contributed by atoms with Crippen molar-refractivity contribution in [3.63, 3.8) is 0 Å². The van der Waals surface area contributed by atoms with Crippen LogP contribution in [0.2, 0.25) is 0 Å². The number of benzene rings is 2. The van der Waals surface area contributed by atoms with E-state index in [9.17, 15) is 4.79 Å². The Morgan fingerprint density at radius 3 is 2.11 bits per heavy atom. The normalized spacial score (nSPS) is 11.1. The van der Waals surface area contributed by atoms with Gasteiger partial charge in [0.1, 0.15) is 5.75 Å². The number of ether oxygens (including phenoxy) is 1. The highest BCUT2D eigenvalue weighted by Gasteiger charge is 2.01. The van der Waals surface area contributed by atoms with Crippen LogP contribution in [0.5, 0.6) is 5.75 Å². The zero-order valence-corrected chi connectivity index (χ0v) is 18.4. The molecule has 2 nitrogen and oxygen atoms in total. The summed E-state index contributed by atoms with van der Waals surface area (Å²) in [7, 11) is 0. The van der Waals surface area contributed by atoms with Gasteiger partial charge in [0.2, 0.25) is 0 Å². The van der Waals surface area contributed by atoms with Gasteiger partial charge in [0.25, 0.3) is 0 Å². The molecule has 0 N–H and O–H groups in total. The van der Waals surface area contributed by atoms with Crippen LogP contribution in [0, 0.1) is 0 Å². The largest absolute Gasteiger partial charge is 0.494 e. The molecule has 0 radical (unpaired) electrons. The minimum absolute atomic E-state index is 0.00233. The van der Waals surface area contributed by atoms with E-state index in [1.807, 2.05) is 54.6 Å². The molecule has 28 heavy (non-hydrogen) atoms. The van der Waals surface area contributed by atoms with Crippen LogP contribution in [0.1, 0.15) is 74.2 Å². The fourth-order valence-electron chi connectivity index (χ4n) is 2.98. The number of unbranched alkanes of at least 4 members (excludes halogenated alkanes) is 7. The second-order valence-corrected chi connectivity index (χ2v) is 8.01. The maximum Gasteiger partial charge on any atom is 0.185 e. The molecular formula is C25H31BrO2. The van der Waals surface area contributed by atoms with Gasteiger partial charge in [-0.1, -0.05) is 86.0 Å². The average Bonchev–Trinajstić information content (AvgIpc) is 2.72. The first kappa shape index (κ1) is 22.4. The van der Waals surface area contributed by atoms with Crippen molar-refractivity contribution in [2.75, 3.05) is 6.61 Å². The molecule has 0 saturated heterocycles. The lowest BCUT2D eigenvalue weighted by molar-refractivity contribution is 0.104. The molecule has 0 aromatic heterocycles. The summed E-state index contributed by atoms with van der Waals surface area (Å²) in [6, 6.07) is 15.3. The predicted octanol–water partition coefficient (Wildman–Crippen LogP) is 7.86. The van der Waals surface area contributed by atoms with E-state index in [1.165, 1.54) is 44.9 Å². The number of carbonyl (C=O) groups is 1. The van der Waals surface area contributed by atoms with Crippen molar-refractivity contribution >= 4 is 27.8 Å². The lowest BCUT2D eigenvalue weighted by Gasteiger charge is -2.06. The number of hydrogen-bond acceptors (Lipinski definition) is 2. The van der Waals surface area contributed by atoms with E-state index in [0.717, 1.165) is 28.8 Å². The summed E-state index contributed by atoms with van der Waals surface area (Å²) < 4.78 is 6.78. The standard InChI is InChI=1S/C25H31BrO2/c1-2-3-4-5-6-7-8-9-20-28-24-17-10-21(11-18-24)12-19-25(27)22-13-15-23(26)16-14-22/h10-19H,2-9,20H2,1H3/b19-12+. The number of carbonyl (C=O) groups excluding carboxylic acids is 1. The Labute approximate surface area is 178 Å².